The van der Waals surface area contributed by atoms with Crippen LogP contribution in [0.25, 0.3) is 11.6 Å². The number of hydrogen-bond donors (Lipinski definition) is 3. The van der Waals surface area contributed by atoms with Gasteiger partial charge in [0.25, 0.3) is 5.91 Å². The summed E-state index contributed by atoms with van der Waals surface area (Å²) in [5.41, 5.74) is 5.01. The van der Waals surface area contributed by atoms with E-state index in [4.69, 9.17) is 0 Å². The van der Waals surface area contributed by atoms with Crippen LogP contribution in [0.5, 0.6) is 0 Å². The van der Waals surface area contributed by atoms with Crippen LogP contribution in [0.15, 0.2) is 18.2 Å². The summed E-state index contributed by atoms with van der Waals surface area (Å²) in [5.74, 6) is -0.657. The number of benzene rings is 1. The van der Waals surface area contributed by atoms with E-state index in [0.29, 0.717) is 22.5 Å². The Morgan fingerprint density at radius 3 is 2.82 bits per heavy atom. The van der Waals surface area contributed by atoms with E-state index >= 15 is 0 Å². The molecule has 0 spiro atoms. The molecule has 3 rings (SSSR count). The third kappa shape index (κ3) is 2.23. The fourth-order valence-electron chi connectivity index (χ4n) is 2.84. The highest BCUT2D eigenvalue weighted by atomic mass is 19.1. The van der Waals surface area contributed by atoms with Crippen molar-refractivity contribution >= 4 is 23.2 Å². The van der Waals surface area contributed by atoms with Crippen molar-refractivity contribution in [3.8, 4) is 0 Å². The number of hydrogen-bond acceptors (Lipinski definition) is 2. The summed E-state index contributed by atoms with van der Waals surface area (Å²) < 4.78 is 13.5. The molecule has 0 unspecified atom stereocenters. The van der Waals surface area contributed by atoms with E-state index in [9.17, 15) is 14.3 Å². The number of aromatic amines is 1. The number of aliphatic hydroxyl groups excluding tert-OH is 1. The van der Waals surface area contributed by atoms with E-state index in [0.717, 1.165) is 23.2 Å². The fraction of sp³-hybridized carbons (Fsp3) is 0.235. The number of fused-ring (bicyclic) bond motifs is 1. The first kappa shape index (κ1) is 14.5. The van der Waals surface area contributed by atoms with Gasteiger partial charge in [-0.05, 0) is 43.2 Å². The van der Waals surface area contributed by atoms with Gasteiger partial charge in [-0.25, -0.2) is 4.39 Å². The highest BCUT2D eigenvalue weighted by Gasteiger charge is 2.25. The minimum Gasteiger partial charge on any atom is -0.392 e. The molecule has 22 heavy (non-hydrogen) atoms. The molecule has 1 aliphatic rings. The van der Waals surface area contributed by atoms with E-state index in [1.165, 1.54) is 12.1 Å². The normalized spacial score (nSPS) is 15.3. The van der Waals surface area contributed by atoms with Gasteiger partial charge < -0.3 is 15.4 Å². The molecule has 2 heterocycles. The van der Waals surface area contributed by atoms with Crippen molar-refractivity contribution in [2.24, 2.45) is 0 Å². The van der Waals surface area contributed by atoms with E-state index < -0.39 is 0 Å². The predicted molar refractivity (Wildman–Crippen MR) is 83.7 cm³/mol. The van der Waals surface area contributed by atoms with Crippen LogP contribution in [0.1, 0.15) is 35.0 Å². The summed E-state index contributed by atoms with van der Waals surface area (Å²) in [6.45, 7) is 3.84. The number of carbonyl (C=O) groups excluding carboxylic acids is 1. The van der Waals surface area contributed by atoms with E-state index in [2.05, 4.69) is 10.3 Å². The van der Waals surface area contributed by atoms with Gasteiger partial charge in [0.2, 0.25) is 0 Å². The molecular formula is C17H17FN2O2. The van der Waals surface area contributed by atoms with Gasteiger partial charge in [0.15, 0.2) is 0 Å². The number of aliphatic hydroxyl groups is 1. The van der Waals surface area contributed by atoms with Crippen LogP contribution in [0.3, 0.4) is 0 Å². The average Bonchev–Trinajstić information content (AvgIpc) is 2.97. The molecule has 1 aromatic carbocycles. The summed E-state index contributed by atoms with van der Waals surface area (Å²) in [7, 11) is 0. The first-order valence-electron chi connectivity index (χ1n) is 7.19. The lowest BCUT2D eigenvalue weighted by Crippen LogP contribution is -2.03. The molecule has 0 aliphatic carbocycles. The Hall–Kier alpha value is -2.40. The van der Waals surface area contributed by atoms with Crippen LogP contribution in [-0.4, -0.2) is 16.0 Å². The second kappa shape index (κ2) is 5.42. The summed E-state index contributed by atoms with van der Waals surface area (Å²) in [6, 6.07) is 4.21. The molecule has 0 radical (unpaired) electrons. The second-order valence-corrected chi connectivity index (χ2v) is 5.33. The number of nitrogens with one attached hydrogen (secondary N) is 2. The molecule has 0 fully saturated rings. The van der Waals surface area contributed by atoms with Crippen LogP contribution in [0.4, 0.5) is 10.1 Å². The smallest absolute Gasteiger partial charge is 0.256 e. The molecule has 2 aromatic rings. The van der Waals surface area contributed by atoms with Crippen LogP contribution < -0.4 is 5.32 Å². The minimum absolute atomic E-state index is 0.112. The number of halogens is 1. The van der Waals surface area contributed by atoms with Gasteiger partial charge in [-0.1, -0.05) is 6.92 Å². The molecule has 1 aromatic heterocycles. The number of aromatic nitrogens is 1. The maximum absolute atomic E-state index is 13.5. The first-order chi connectivity index (χ1) is 10.5. The largest absolute Gasteiger partial charge is 0.392 e. The molecule has 3 N–H and O–H groups in total. The lowest BCUT2D eigenvalue weighted by Gasteiger charge is -2.00. The summed E-state index contributed by atoms with van der Waals surface area (Å²) in [6.07, 6.45) is 2.48. The molecule has 0 bridgehead atoms. The van der Waals surface area contributed by atoms with Gasteiger partial charge in [0.1, 0.15) is 5.82 Å². The minimum atomic E-state index is -0.388. The molecule has 1 amide bonds. The van der Waals surface area contributed by atoms with E-state index in [1.807, 2.05) is 13.8 Å². The molecule has 5 heteroatoms. The van der Waals surface area contributed by atoms with Gasteiger partial charge in [0.05, 0.1) is 12.2 Å². The SMILES string of the molecule is CCc1[nH]c(/C=C2\C(=O)Nc3ccc(F)cc32)c(CO)c1C. The zero-order valence-corrected chi connectivity index (χ0v) is 12.5. The van der Waals surface area contributed by atoms with Gasteiger partial charge in [-0.15, -0.1) is 0 Å². The third-order valence-corrected chi connectivity index (χ3v) is 4.08. The zero-order valence-electron chi connectivity index (χ0n) is 12.5. The van der Waals surface area contributed by atoms with Crippen molar-refractivity contribution in [2.75, 3.05) is 5.32 Å². The highest BCUT2D eigenvalue weighted by molar-refractivity contribution is 6.34. The molecule has 114 valence electrons. The second-order valence-electron chi connectivity index (χ2n) is 5.33. The monoisotopic (exact) mass is 300 g/mol. The van der Waals surface area contributed by atoms with Gasteiger partial charge in [-0.2, -0.15) is 0 Å². The molecular weight excluding hydrogens is 283 g/mol. The molecule has 0 atom stereocenters. The van der Waals surface area contributed by atoms with Crippen LogP contribution in [-0.2, 0) is 17.8 Å². The lowest BCUT2D eigenvalue weighted by atomic mass is 10.0. The van der Waals surface area contributed by atoms with Crippen molar-refractivity contribution in [3.05, 3.63) is 52.1 Å². The van der Waals surface area contributed by atoms with E-state index in [-0.39, 0.29) is 18.3 Å². The standard InChI is InChI=1S/C17H17FN2O2/c1-3-14-9(2)13(8-21)16(19-14)7-12-11-6-10(18)4-5-15(11)20-17(12)22/h4-7,19,21H,3,8H2,1-2H3,(H,20,22)/b12-7-. The Morgan fingerprint density at radius 1 is 1.36 bits per heavy atom. The number of carbonyl (C=O) groups is 1. The molecule has 1 aliphatic heterocycles. The van der Waals surface area contributed by atoms with Crippen LogP contribution in [0.2, 0.25) is 0 Å². The van der Waals surface area contributed by atoms with Crippen molar-refractivity contribution < 1.29 is 14.3 Å². The molecule has 0 saturated heterocycles. The number of aryl methyl sites for hydroxylation is 1. The van der Waals surface area contributed by atoms with Crippen molar-refractivity contribution in [2.45, 2.75) is 26.9 Å². The van der Waals surface area contributed by atoms with Crippen molar-refractivity contribution in [3.63, 3.8) is 0 Å². The fourth-order valence-corrected chi connectivity index (χ4v) is 2.84. The Balaban J connectivity index is 2.14. The molecule has 0 saturated carbocycles. The number of rotatable bonds is 3. The lowest BCUT2D eigenvalue weighted by molar-refractivity contribution is -0.110. The van der Waals surface area contributed by atoms with Crippen LogP contribution >= 0.6 is 0 Å². The van der Waals surface area contributed by atoms with E-state index in [1.54, 1.807) is 12.1 Å². The van der Waals surface area contributed by atoms with Crippen molar-refractivity contribution in [1.82, 2.24) is 4.98 Å². The van der Waals surface area contributed by atoms with Gasteiger partial charge in [0, 0.05) is 28.2 Å². The van der Waals surface area contributed by atoms with Gasteiger partial charge in [-0.3, -0.25) is 4.79 Å². The Bertz CT molecular complexity index is 790. The van der Waals surface area contributed by atoms with Crippen LogP contribution in [0, 0.1) is 12.7 Å². The van der Waals surface area contributed by atoms with Crippen molar-refractivity contribution in [1.29, 1.82) is 0 Å². The zero-order chi connectivity index (χ0) is 15.9. The highest BCUT2D eigenvalue weighted by Crippen LogP contribution is 2.34. The average molecular weight is 300 g/mol. The Morgan fingerprint density at radius 2 is 2.14 bits per heavy atom. The Labute approximate surface area is 127 Å². The molecule has 4 nitrogen and oxygen atoms in total. The predicted octanol–water partition coefficient (Wildman–Crippen LogP) is 3.01. The summed E-state index contributed by atoms with van der Waals surface area (Å²) in [5, 5.41) is 12.3. The van der Waals surface area contributed by atoms with Gasteiger partial charge >= 0.3 is 0 Å². The Kier molecular flexibility index (Phi) is 3.58. The topological polar surface area (TPSA) is 65.1 Å². The summed E-state index contributed by atoms with van der Waals surface area (Å²) >= 11 is 0. The maximum Gasteiger partial charge on any atom is 0.256 e. The quantitative estimate of drug-likeness (QED) is 0.763. The number of H-pyrrole nitrogens is 1. The third-order valence-electron chi connectivity index (χ3n) is 4.08. The maximum atomic E-state index is 13.5. The number of amides is 1. The first-order valence-corrected chi connectivity index (χ1v) is 7.19. The number of anilines is 1. The summed E-state index contributed by atoms with van der Waals surface area (Å²) in [4.78, 5) is 15.4.